The molecule has 0 aromatic heterocycles. The molecule has 1 saturated heterocycles. The predicted molar refractivity (Wildman–Crippen MR) is 123 cm³/mol. The second-order valence-corrected chi connectivity index (χ2v) is 8.01. The van der Waals surface area contributed by atoms with Crippen molar-refractivity contribution in [3.05, 3.63) is 58.6 Å². The van der Waals surface area contributed by atoms with E-state index in [0.717, 1.165) is 37.4 Å². The van der Waals surface area contributed by atoms with Crippen molar-refractivity contribution in [1.82, 2.24) is 10.2 Å². The van der Waals surface area contributed by atoms with Gasteiger partial charge in [0.25, 0.3) is 0 Å². The van der Waals surface area contributed by atoms with Gasteiger partial charge in [-0.3, -0.25) is 19.3 Å². The van der Waals surface area contributed by atoms with Crippen LogP contribution in [0.3, 0.4) is 0 Å². The lowest BCUT2D eigenvalue weighted by Gasteiger charge is -2.35. The SMILES string of the molecule is CC(=O)c1ccc(N2CCN(CC(=O)NCC(=O)Nc3cccc(Cl)c3C)CC2)cc1. The summed E-state index contributed by atoms with van der Waals surface area (Å²) in [5.74, 6) is -0.423. The number of anilines is 2. The Morgan fingerprint density at radius 3 is 2.29 bits per heavy atom. The van der Waals surface area contributed by atoms with E-state index >= 15 is 0 Å². The molecule has 1 aliphatic rings. The minimum atomic E-state index is -0.294. The fraction of sp³-hybridized carbons (Fsp3) is 0.348. The van der Waals surface area contributed by atoms with Crippen LogP contribution in [-0.2, 0) is 9.59 Å². The number of rotatable bonds is 7. The molecule has 2 aromatic carbocycles. The van der Waals surface area contributed by atoms with Crippen molar-refractivity contribution in [3.63, 3.8) is 0 Å². The number of nitrogens with zero attached hydrogens (tertiary/aromatic N) is 2. The summed E-state index contributed by atoms with van der Waals surface area (Å²) in [5.41, 5.74) is 3.20. The number of nitrogens with one attached hydrogen (secondary N) is 2. The Morgan fingerprint density at radius 2 is 1.65 bits per heavy atom. The van der Waals surface area contributed by atoms with Crippen molar-refractivity contribution in [1.29, 1.82) is 0 Å². The van der Waals surface area contributed by atoms with Crippen LogP contribution in [0.25, 0.3) is 0 Å². The standard InChI is InChI=1S/C23H27ClN4O3/c1-16-20(24)4-3-5-21(16)26-22(30)14-25-23(31)15-27-10-12-28(13-11-27)19-8-6-18(7-9-19)17(2)29/h3-9H,10-15H2,1-2H3,(H,25,31)(H,26,30). The Hall–Kier alpha value is -2.90. The van der Waals surface area contributed by atoms with Gasteiger partial charge in [0.1, 0.15) is 0 Å². The minimum absolute atomic E-state index is 0.0544. The lowest BCUT2D eigenvalue weighted by atomic mass is 10.1. The first-order valence-electron chi connectivity index (χ1n) is 10.2. The van der Waals surface area contributed by atoms with E-state index in [-0.39, 0.29) is 30.7 Å². The maximum absolute atomic E-state index is 12.2. The molecule has 0 atom stereocenters. The maximum atomic E-state index is 12.2. The second-order valence-electron chi connectivity index (χ2n) is 7.60. The first kappa shape index (κ1) is 22.8. The molecular formula is C23H27ClN4O3. The van der Waals surface area contributed by atoms with Crippen molar-refractivity contribution in [2.24, 2.45) is 0 Å². The van der Waals surface area contributed by atoms with Gasteiger partial charge in [0.2, 0.25) is 11.8 Å². The van der Waals surface area contributed by atoms with E-state index in [0.29, 0.717) is 16.3 Å². The first-order valence-corrected chi connectivity index (χ1v) is 10.6. The highest BCUT2D eigenvalue weighted by molar-refractivity contribution is 6.31. The number of benzene rings is 2. The summed E-state index contributed by atoms with van der Waals surface area (Å²) >= 11 is 6.06. The van der Waals surface area contributed by atoms with Gasteiger partial charge in [0.05, 0.1) is 13.1 Å². The molecule has 0 saturated carbocycles. The molecule has 1 heterocycles. The summed E-state index contributed by atoms with van der Waals surface area (Å²) in [6.07, 6.45) is 0. The van der Waals surface area contributed by atoms with Crippen LogP contribution in [0.15, 0.2) is 42.5 Å². The van der Waals surface area contributed by atoms with E-state index in [2.05, 4.69) is 20.4 Å². The van der Waals surface area contributed by atoms with Crippen LogP contribution in [0.5, 0.6) is 0 Å². The number of hydrogen-bond acceptors (Lipinski definition) is 5. The van der Waals surface area contributed by atoms with Gasteiger partial charge in [-0.05, 0) is 55.8 Å². The molecule has 0 aliphatic carbocycles. The van der Waals surface area contributed by atoms with Crippen molar-refractivity contribution in [2.45, 2.75) is 13.8 Å². The molecule has 2 aromatic rings. The number of carbonyl (C=O) groups is 3. The highest BCUT2D eigenvalue weighted by Crippen LogP contribution is 2.22. The molecule has 0 spiro atoms. The lowest BCUT2D eigenvalue weighted by molar-refractivity contribution is -0.125. The molecule has 164 valence electrons. The third-order valence-corrected chi connectivity index (χ3v) is 5.78. The lowest BCUT2D eigenvalue weighted by Crippen LogP contribution is -2.50. The van der Waals surface area contributed by atoms with Gasteiger partial charge in [-0.2, -0.15) is 0 Å². The average molecular weight is 443 g/mol. The van der Waals surface area contributed by atoms with Crippen molar-refractivity contribution in [3.8, 4) is 0 Å². The molecule has 2 amide bonds. The highest BCUT2D eigenvalue weighted by atomic mass is 35.5. The number of amides is 2. The molecule has 1 aliphatic heterocycles. The van der Waals surface area contributed by atoms with E-state index in [4.69, 9.17) is 11.6 Å². The monoisotopic (exact) mass is 442 g/mol. The van der Waals surface area contributed by atoms with Crippen molar-refractivity contribution >= 4 is 40.6 Å². The fourth-order valence-corrected chi connectivity index (χ4v) is 3.62. The number of Topliss-reactive ketones (excluding diaryl/α,β-unsaturated/α-hetero) is 1. The van der Waals surface area contributed by atoms with Crippen LogP contribution in [0.1, 0.15) is 22.8 Å². The number of ketones is 1. The molecule has 2 N–H and O–H groups in total. The number of carbonyl (C=O) groups excluding carboxylic acids is 3. The van der Waals surface area contributed by atoms with E-state index in [1.165, 1.54) is 0 Å². The van der Waals surface area contributed by atoms with E-state index < -0.39 is 0 Å². The highest BCUT2D eigenvalue weighted by Gasteiger charge is 2.19. The minimum Gasteiger partial charge on any atom is -0.369 e. The summed E-state index contributed by atoms with van der Waals surface area (Å²) in [6, 6.07) is 12.9. The second kappa shape index (κ2) is 10.4. The smallest absolute Gasteiger partial charge is 0.243 e. The zero-order chi connectivity index (χ0) is 22.4. The summed E-state index contributed by atoms with van der Waals surface area (Å²) in [6.45, 7) is 6.62. The molecule has 0 unspecified atom stereocenters. The van der Waals surface area contributed by atoms with E-state index in [1.807, 2.05) is 31.2 Å². The van der Waals surface area contributed by atoms with E-state index in [9.17, 15) is 14.4 Å². The van der Waals surface area contributed by atoms with Crippen LogP contribution in [0.4, 0.5) is 11.4 Å². The molecule has 0 radical (unpaired) electrons. The Balaban J connectivity index is 1.40. The van der Waals surface area contributed by atoms with Crippen molar-refractivity contribution in [2.75, 3.05) is 49.5 Å². The summed E-state index contributed by atoms with van der Waals surface area (Å²) in [5, 5.41) is 6.02. The summed E-state index contributed by atoms with van der Waals surface area (Å²) in [4.78, 5) is 40.1. The van der Waals surface area contributed by atoms with Crippen molar-refractivity contribution < 1.29 is 14.4 Å². The Kier molecular flexibility index (Phi) is 7.65. The zero-order valence-corrected chi connectivity index (χ0v) is 18.5. The zero-order valence-electron chi connectivity index (χ0n) is 17.8. The molecular weight excluding hydrogens is 416 g/mol. The Labute approximate surface area is 187 Å². The third-order valence-electron chi connectivity index (χ3n) is 5.37. The van der Waals surface area contributed by atoms with Gasteiger partial charge in [-0.15, -0.1) is 0 Å². The van der Waals surface area contributed by atoms with Crippen LogP contribution in [0, 0.1) is 6.92 Å². The Morgan fingerprint density at radius 1 is 0.968 bits per heavy atom. The normalized spacial score (nSPS) is 14.2. The van der Waals surface area contributed by atoms with Gasteiger partial charge in [0, 0.05) is 48.1 Å². The van der Waals surface area contributed by atoms with Gasteiger partial charge in [-0.25, -0.2) is 0 Å². The van der Waals surface area contributed by atoms with Gasteiger partial charge >= 0.3 is 0 Å². The molecule has 3 rings (SSSR count). The van der Waals surface area contributed by atoms with Gasteiger partial charge < -0.3 is 15.5 Å². The van der Waals surface area contributed by atoms with Crippen LogP contribution in [0.2, 0.25) is 5.02 Å². The number of hydrogen-bond donors (Lipinski definition) is 2. The van der Waals surface area contributed by atoms with Crippen LogP contribution >= 0.6 is 11.6 Å². The van der Waals surface area contributed by atoms with E-state index in [1.54, 1.807) is 25.1 Å². The average Bonchev–Trinajstić information content (AvgIpc) is 2.76. The number of piperazine rings is 1. The first-order chi connectivity index (χ1) is 14.8. The largest absolute Gasteiger partial charge is 0.369 e. The fourth-order valence-electron chi connectivity index (χ4n) is 3.45. The van der Waals surface area contributed by atoms with Gasteiger partial charge in [-0.1, -0.05) is 17.7 Å². The molecule has 31 heavy (non-hydrogen) atoms. The summed E-state index contributed by atoms with van der Waals surface area (Å²) < 4.78 is 0. The maximum Gasteiger partial charge on any atom is 0.243 e. The molecule has 8 heteroatoms. The van der Waals surface area contributed by atoms with Crippen LogP contribution < -0.4 is 15.5 Å². The quantitative estimate of drug-likeness (QED) is 0.644. The topological polar surface area (TPSA) is 81.8 Å². The summed E-state index contributed by atoms with van der Waals surface area (Å²) in [7, 11) is 0. The van der Waals surface area contributed by atoms with Gasteiger partial charge in [0.15, 0.2) is 5.78 Å². The third kappa shape index (κ3) is 6.29. The van der Waals surface area contributed by atoms with Crippen LogP contribution in [-0.4, -0.2) is 61.8 Å². The number of halogens is 1. The molecule has 1 fully saturated rings. The molecule has 0 bridgehead atoms. The Bertz CT molecular complexity index is 954. The predicted octanol–water partition coefficient (Wildman–Crippen LogP) is 2.73. The molecule has 7 nitrogen and oxygen atoms in total.